The molecule has 0 aromatic heterocycles. The number of carbonyl (C=O) groups excluding carboxylic acids is 1. The lowest BCUT2D eigenvalue weighted by atomic mass is 10.1. The second-order valence-corrected chi connectivity index (χ2v) is 5.05. The van der Waals surface area contributed by atoms with Gasteiger partial charge in [0.25, 0.3) is 0 Å². The number of aliphatic hydroxyl groups is 1. The third-order valence-corrected chi connectivity index (χ3v) is 3.33. The maximum Gasteiger partial charge on any atom is 0.222 e. The number of hydrogen-bond donors (Lipinski definition) is 1. The van der Waals surface area contributed by atoms with Crippen molar-refractivity contribution in [1.82, 2.24) is 4.90 Å². The Morgan fingerprint density at radius 2 is 1.90 bits per heavy atom. The highest BCUT2D eigenvalue weighted by Gasteiger charge is 2.13. The zero-order valence-corrected chi connectivity index (χ0v) is 12.6. The predicted octanol–water partition coefficient (Wildman–Crippen LogP) is 1.65. The quantitative estimate of drug-likeness (QED) is 0.787. The second-order valence-electron chi connectivity index (χ2n) is 5.05. The molecule has 4 heteroatoms. The first-order valence-electron chi connectivity index (χ1n) is 7.05. The summed E-state index contributed by atoms with van der Waals surface area (Å²) in [6.45, 7) is 2.68. The zero-order chi connectivity index (χ0) is 15.0. The van der Waals surface area contributed by atoms with E-state index in [-0.39, 0.29) is 12.5 Å². The molecule has 0 spiro atoms. The fourth-order valence-corrected chi connectivity index (χ4v) is 2.05. The molecule has 0 aliphatic heterocycles. The van der Waals surface area contributed by atoms with Gasteiger partial charge in [-0.15, -0.1) is 0 Å². The van der Waals surface area contributed by atoms with Crippen LogP contribution in [-0.4, -0.2) is 49.3 Å². The maximum absolute atomic E-state index is 12.0. The third kappa shape index (κ3) is 5.72. The van der Waals surface area contributed by atoms with E-state index in [0.29, 0.717) is 13.0 Å². The lowest BCUT2D eigenvalue weighted by Crippen LogP contribution is -2.36. The van der Waals surface area contributed by atoms with Crippen LogP contribution in [-0.2, 0) is 22.4 Å². The van der Waals surface area contributed by atoms with Gasteiger partial charge in [0.05, 0.1) is 12.7 Å². The number of benzene rings is 1. The van der Waals surface area contributed by atoms with Crippen molar-refractivity contribution in [1.29, 1.82) is 0 Å². The summed E-state index contributed by atoms with van der Waals surface area (Å²) in [4.78, 5) is 13.5. The number of aliphatic hydroxyl groups excluding tert-OH is 1. The lowest BCUT2D eigenvalue weighted by molar-refractivity contribution is -0.131. The van der Waals surface area contributed by atoms with E-state index in [0.717, 1.165) is 12.8 Å². The zero-order valence-electron chi connectivity index (χ0n) is 12.6. The summed E-state index contributed by atoms with van der Waals surface area (Å²) in [7, 11) is 3.24. The molecule has 0 aliphatic rings. The number of ether oxygens (including phenoxy) is 1. The number of rotatable bonds is 8. The van der Waals surface area contributed by atoms with E-state index in [2.05, 4.69) is 31.2 Å². The minimum absolute atomic E-state index is 0.0414. The highest BCUT2D eigenvalue weighted by molar-refractivity contribution is 5.76. The molecule has 0 heterocycles. The van der Waals surface area contributed by atoms with Gasteiger partial charge in [0.15, 0.2) is 0 Å². The molecule has 1 aromatic rings. The number of aryl methyl sites for hydroxylation is 2. The Balaban J connectivity index is 2.37. The summed E-state index contributed by atoms with van der Waals surface area (Å²) in [5.41, 5.74) is 2.47. The lowest BCUT2D eigenvalue weighted by Gasteiger charge is -2.20. The molecular formula is C16H25NO3. The van der Waals surface area contributed by atoms with Gasteiger partial charge in [-0.3, -0.25) is 4.79 Å². The molecule has 1 aromatic carbocycles. The van der Waals surface area contributed by atoms with Crippen LogP contribution < -0.4 is 0 Å². The average molecular weight is 279 g/mol. The van der Waals surface area contributed by atoms with Gasteiger partial charge in [0.2, 0.25) is 5.91 Å². The Hall–Kier alpha value is -1.39. The Bertz CT molecular complexity index is 403. The minimum atomic E-state index is -0.627. The number of likely N-dealkylation sites (N-methyl/N-ethyl adjacent to an activating group) is 1. The molecule has 20 heavy (non-hydrogen) atoms. The molecule has 1 unspecified atom stereocenters. The van der Waals surface area contributed by atoms with Crippen LogP contribution >= 0.6 is 0 Å². The molecule has 1 N–H and O–H groups in total. The van der Waals surface area contributed by atoms with Gasteiger partial charge in [-0.2, -0.15) is 0 Å². The van der Waals surface area contributed by atoms with E-state index >= 15 is 0 Å². The normalized spacial score (nSPS) is 12.2. The van der Waals surface area contributed by atoms with Crippen LogP contribution in [0.2, 0.25) is 0 Å². The van der Waals surface area contributed by atoms with Crippen molar-refractivity contribution in [3.63, 3.8) is 0 Å². The summed E-state index contributed by atoms with van der Waals surface area (Å²) in [6, 6.07) is 8.36. The second kappa shape index (κ2) is 8.72. The van der Waals surface area contributed by atoms with E-state index < -0.39 is 6.10 Å². The van der Waals surface area contributed by atoms with E-state index in [1.165, 1.54) is 18.2 Å². The predicted molar refractivity (Wildman–Crippen MR) is 79.7 cm³/mol. The SMILES string of the molecule is CCc1ccc(CCC(=O)N(C)CC(O)COC)cc1. The Morgan fingerprint density at radius 1 is 1.30 bits per heavy atom. The van der Waals surface area contributed by atoms with Gasteiger partial charge in [-0.25, -0.2) is 0 Å². The molecule has 1 rings (SSSR count). The number of amides is 1. The molecule has 1 amide bonds. The highest BCUT2D eigenvalue weighted by Crippen LogP contribution is 2.08. The highest BCUT2D eigenvalue weighted by atomic mass is 16.5. The van der Waals surface area contributed by atoms with Gasteiger partial charge < -0.3 is 14.7 Å². The van der Waals surface area contributed by atoms with Crippen LogP contribution in [0.1, 0.15) is 24.5 Å². The number of carbonyl (C=O) groups is 1. The van der Waals surface area contributed by atoms with E-state index in [1.54, 1.807) is 11.9 Å². The van der Waals surface area contributed by atoms with Crippen molar-refractivity contribution in [2.75, 3.05) is 27.3 Å². The summed E-state index contributed by atoms with van der Waals surface area (Å²) >= 11 is 0. The van der Waals surface area contributed by atoms with Crippen LogP contribution in [0.5, 0.6) is 0 Å². The molecule has 0 bridgehead atoms. The number of methoxy groups -OCH3 is 1. The standard InChI is InChI=1S/C16H25NO3/c1-4-13-5-7-14(8-6-13)9-10-16(19)17(2)11-15(18)12-20-3/h5-8,15,18H,4,9-12H2,1-3H3. The molecule has 1 atom stereocenters. The van der Waals surface area contributed by atoms with Crippen LogP contribution in [0.3, 0.4) is 0 Å². The minimum Gasteiger partial charge on any atom is -0.389 e. The fraction of sp³-hybridized carbons (Fsp3) is 0.562. The van der Waals surface area contributed by atoms with Crippen molar-refractivity contribution < 1.29 is 14.6 Å². The summed E-state index contributed by atoms with van der Waals surface area (Å²) < 4.78 is 4.85. The monoisotopic (exact) mass is 279 g/mol. The van der Waals surface area contributed by atoms with Crippen LogP contribution in [0, 0.1) is 0 Å². The maximum atomic E-state index is 12.0. The van der Waals surface area contributed by atoms with Crippen molar-refractivity contribution in [3.8, 4) is 0 Å². The summed E-state index contributed by atoms with van der Waals surface area (Å²) in [5, 5.41) is 9.59. The Labute approximate surface area is 121 Å². The number of hydrogen-bond acceptors (Lipinski definition) is 3. The van der Waals surface area contributed by atoms with Crippen LogP contribution in [0.15, 0.2) is 24.3 Å². The third-order valence-electron chi connectivity index (χ3n) is 3.33. The summed E-state index contributed by atoms with van der Waals surface area (Å²) in [6.07, 6.45) is 1.59. The first-order chi connectivity index (χ1) is 9.56. The molecule has 0 fully saturated rings. The largest absolute Gasteiger partial charge is 0.389 e. The number of nitrogens with zero attached hydrogens (tertiary/aromatic N) is 1. The molecule has 0 saturated heterocycles. The van der Waals surface area contributed by atoms with Gasteiger partial charge in [0, 0.05) is 27.1 Å². The molecular weight excluding hydrogens is 254 g/mol. The van der Waals surface area contributed by atoms with E-state index in [1.807, 2.05) is 0 Å². The Kier molecular flexibility index (Phi) is 7.26. The van der Waals surface area contributed by atoms with Gasteiger partial charge >= 0.3 is 0 Å². The van der Waals surface area contributed by atoms with E-state index in [4.69, 9.17) is 4.74 Å². The van der Waals surface area contributed by atoms with Crippen LogP contribution in [0.25, 0.3) is 0 Å². The smallest absolute Gasteiger partial charge is 0.222 e. The Morgan fingerprint density at radius 3 is 2.45 bits per heavy atom. The van der Waals surface area contributed by atoms with E-state index in [9.17, 15) is 9.90 Å². The molecule has 4 nitrogen and oxygen atoms in total. The molecule has 0 radical (unpaired) electrons. The van der Waals surface area contributed by atoms with Gasteiger partial charge in [-0.05, 0) is 24.0 Å². The molecule has 0 aliphatic carbocycles. The first kappa shape index (κ1) is 16.7. The fourth-order valence-electron chi connectivity index (χ4n) is 2.05. The van der Waals surface area contributed by atoms with Gasteiger partial charge in [-0.1, -0.05) is 31.2 Å². The van der Waals surface area contributed by atoms with Crippen LogP contribution in [0.4, 0.5) is 0 Å². The molecule has 112 valence electrons. The van der Waals surface area contributed by atoms with Crippen molar-refractivity contribution in [2.45, 2.75) is 32.3 Å². The van der Waals surface area contributed by atoms with Crippen molar-refractivity contribution >= 4 is 5.91 Å². The van der Waals surface area contributed by atoms with Gasteiger partial charge in [0.1, 0.15) is 0 Å². The van der Waals surface area contributed by atoms with Crippen molar-refractivity contribution in [3.05, 3.63) is 35.4 Å². The topological polar surface area (TPSA) is 49.8 Å². The first-order valence-corrected chi connectivity index (χ1v) is 7.05. The summed E-state index contributed by atoms with van der Waals surface area (Å²) in [5.74, 6) is 0.0414. The van der Waals surface area contributed by atoms with Crippen molar-refractivity contribution in [2.24, 2.45) is 0 Å². The average Bonchev–Trinajstić information content (AvgIpc) is 2.45. The molecule has 0 saturated carbocycles.